The van der Waals surface area contributed by atoms with Gasteiger partial charge in [-0.15, -0.1) is 0 Å². The summed E-state index contributed by atoms with van der Waals surface area (Å²) in [5.74, 6) is 0.135. The van der Waals surface area contributed by atoms with Gasteiger partial charge in [-0.3, -0.25) is 0 Å². The zero-order valence-corrected chi connectivity index (χ0v) is 8.77. The molecule has 4 nitrogen and oxygen atoms in total. The van der Waals surface area contributed by atoms with Crippen molar-refractivity contribution >= 4 is 5.69 Å². The molecular weight excluding hydrogens is 230 g/mol. The molecule has 17 heavy (non-hydrogen) atoms. The van der Waals surface area contributed by atoms with Crippen molar-refractivity contribution in [1.82, 2.24) is 5.16 Å². The second-order valence-electron chi connectivity index (χ2n) is 3.29. The topological polar surface area (TPSA) is 47.3 Å². The van der Waals surface area contributed by atoms with Gasteiger partial charge in [0.15, 0.2) is 0 Å². The molecule has 6 heteroatoms. The van der Waals surface area contributed by atoms with E-state index in [0.717, 1.165) is 11.3 Å². The molecule has 0 aliphatic heterocycles. The molecule has 1 N–H and O–H groups in total. The van der Waals surface area contributed by atoms with Gasteiger partial charge >= 0.3 is 6.61 Å². The van der Waals surface area contributed by atoms with Gasteiger partial charge in [-0.05, 0) is 24.3 Å². The molecule has 0 aliphatic rings. The van der Waals surface area contributed by atoms with Gasteiger partial charge in [0, 0.05) is 17.8 Å². The number of nitrogens with one attached hydrogen (secondary N) is 1. The van der Waals surface area contributed by atoms with Crippen molar-refractivity contribution in [2.45, 2.75) is 13.2 Å². The third kappa shape index (κ3) is 3.44. The standard InChI is InChI=1S/C11H10F2N2O2/c12-11(13)17-10-3-1-9(2-4-10)14-5-8-6-15-16-7-8/h1-4,6-7,11,14H,5H2. The number of anilines is 1. The first-order valence-corrected chi connectivity index (χ1v) is 4.91. The normalized spacial score (nSPS) is 10.5. The van der Waals surface area contributed by atoms with E-state index in [2.05, 4.69) is 19.7 Å². The fourth-order valence-corrected chi connectivity index (χ4v) is 1.27. The van der Waals surface area contributed by atoms with E-state index in [4.69, 9.17) is 0 Å². The van der Waals surface area contributed by atoms with Gasteiger partial charge in [0.1, 0.15) is 12.0 Å². The lowest BCUT2D eigenvalue weighted by Crippen LogP contribution is -2.02. The smallest absolute Gasteiger partial charge is 0.387 e. The van der Waals surface area contributed by atoms with Crippen molar-refractivity contribution in [2.75, 3.05) is 5.32 Å². The maximum Gasteiger partial charge on any atom is 0.387 e. The molecule has 0 fully saturated rings. The minimum absolute atomic E-state index is 0.135. The van der Waals surface area contributed by atoms with Gasteiger partial charge < -0.3 is 14.6 Å². The number of halogens is 2. The third-order valence-electron chi connectivity index (χ3n) is 2.06. The SMILES string of the molecule is FC(F)Oc1ccc(NCc2cnoc2)cc1. The summed E-state index contributed by atoms with van der Waals surface area (Å²) >= 11 is 0. The Morgan fingerprint density at radius 3 is 2.65 bits per heavy atom. The summed E-state index contributed by atoms with van der Waals surface area (Å²) in [7, 11) is 0. The van der Waals surface area contributed by atoms with Crippen molar-refractivity contribution in [3.05, 3.63) is 42.3 Å². The van der Waals surface area contributed by atoms with Crippen molar-refractivity contribution in [1.29, 1.82) is 0 Å². The lowest BCUT2D eigenvalue weighted by atomic mass is 10.3. The largest absolute Gasteiger partial charge is 0.435 e. The zero-order valence-electron chi connectivity index (χ0n) is 8.77. The van der Waals surface area contributed by atoms with E-state index < -0.39 is 6.61 Å². The van der Waals surface area contributed by atoms with E-state index >= 15 is 0 Å². The van der Waals surface area contributed by atoms with Crippen LogP contribution < -0.4 is 10.1 Å². The van der Waals surface area contributed by atoms with Crippen LogP contribution in [0.5, 0.6) is 5.75 Å². The molecular formula is C11H10F2N2O2. The van der Waals surface area contributed by atoms with E-state index in [1.165, 1.54) is 18.4 Å². The highest BCUT2D eigenvalue weighted by Gasteiger charge is 2.03. The molecule has 0 radical (unpaired) electrons. The Bertz CT molecular complexity index is 443. The fraction of sp³-hybridized carbons (Fsp3) is 0.182. The average molecular weight is 240 g/mol. The van der Waals surface area contributed by atoms with Gasteiger partial charge in [0.2, 0.25) is 0 Å². The monoisotopic (exact) mass is 240 g/mol. The predicted octanol–water partition coefficient (Wildman–Crippen LogP) is 2.89. The van der Waals surface area contributed by atoms with Crippen LogP contribution in [0.1, 0.15) is 5.56 Å². The molecule has 0 amide bonds. The maximum atomic E-state index is 11.9. The van der Waals surface area contributed by atoms with Crippen LogP contribution in [0, 0.1) is 0 Å². The average Bonchev–Trinajstić information content (AvgIpc) is 2.80. The minimum atomic E-state index is -2.80. The second-order valence-corrected chi connectivity index (χ2v) is 3.29. The molecule has 2 aromatic rings. The molecule has 0 saturated heterocycles. The van der Waals surface area contributed by atoms with E-state index in [9.17, 15) is 8.78 Å². The summed E-state index contributed by atoms with van der Waals surface area (Å²) in [5, 5.41) is 6.65. The Labute approximate surface area is 96.2 Å². The van der Waals surface area contributed by atoms with Crippen molar-refractivity contribution in [3.8, 4) is 5.75 Å². The summed E-state index contributed by atoms with van der Waals surface area (Å²) in [6.45, 7) is -2.25. The molecule has 0 saturated carbocycles. The zero-order chi connectivity index (χ0) is 12.1. The number of hydrogen-bond donors (Lipinski definition) is 1. The highest BCUT2D eigenvalue weighted by Crippen LogP contribution is 2.18. The molecule has 0 bridgehead atoms. The molecule has 0 atom stereocenters. The van der Waals surface area contributed by atoms with E-state index in [1.54, 1.807) is 18.3 Å². The molecule has 0 unspecified atom stereocenters. The third-order valence-corrected chi connectivity index (χ3v) is 2.06. The van der Waals surface area contributed by atoms with Crippen LogP contribution in [0.4, 0.5) is 14.5 Å². The highest BCUT2D eigenvalue weighted by molar-refractivity contribution is 5.46. The van der Waals surface area contributed by atoms with Crippen LogP contribution in [0.3, 0.4) is 0 Å². The first-order valence-electron chi connectivity index (χ1n) is 4.91. The van der Waals surface area contributed by atoms with Crippen molar-refractivity contribution in [2.24, 2.45) is 0 Å². The van der Waals surface area contributed by atoms with E-state index in [0.29, 0.717) is 6.54 Å². The number of rotatable bonds is 5. The van der Waals surface area contributed by atoms with Crippen LogP contribution in [0.15, 0.2) is 41.2 Å². The number of nitrogens with zero attached hydrogens (tertiary/aromatic N) is 1. The van der Waals surface area contributed by atoms with Crippen LogP contribution in [-0.2, 0) is 6.54 Å². The van der Waals surface area contributed by atoms with Crippen LogP contribution in [0.25, 0.3) is 0 Å². The first-order chi connectivity index (χ1) is 8.24. The minimum Gasteiger partial charge on any atom is -0.435 e. The van der Waals surface area contributed by atoms with E-state index in [1.807, 2.05) is 0 Å². The summed E-state index contributed by atoms with van der Waals surface area (Å²) < 4.78 is 32.7. The van der Waals surface area contributed by atoms with Crippen molar-refractivity contribution < 1.29 is 18.0 Å². The molecule has 0 aliphatic carbocycles. The van der Waals surface area contributed by atoms with Gasteiger partial charge in [-0.25, -0.2) is 0 Å². The number of ether oxygens (including phenoxy) is 1. The number of hydrogen-bond acceptors (Lipinski definition) is 4. The summed E-state index contributed by atoms with van der Waals surface area (Å²) in [6.07, 6.45) is 3.13. The Morgan fingerprint density at radius 1 is 1.29 bits per heavy atom. The Kier molecular flexibility index (Phi) is 3.54. The molecule has 0 spiro atoms. The summed E-state index contributed by atoms with van der Waals surface area (Å²) in [4.78, 5) is 0. The Balaban J connectivity index is 1.89. The van der Waals surface area contributed by atoms with Gasteiger partial charge in [0.25, 0.3) is 0 Å². The molecule has 90 valence electrons. The quantitative estimate of drug-likeness (QED) is 0.872. The lowest BCUT2D eigenvalue weighted by molar-refractivity contribution is -0.0498. The molecule has 1 aromatic heterocycles. The fourth-order valence-electron chi connectivity index (χ4n) is 1.27. The maximum absolute atomic E-state index is 11.9. The van der Waals surface area contributed by atoms with Gasteiger partial charge in [0.05, 0.1) is 6.20 Å². The number of aromatic nitrogens is 1. The summed E-state index contributed by atoms with van der Waals surface area (Å²) in [6, 6.07) is 6.26. The molecule has 2 rings (SSSR count). The highest BCUT2D eigenvalue weighted by atomic mass is 19.3. The summed E-state index contributed by atoms with van der Waals surface area (Å²) in [5.41, 5.74) is 1.70. The van der Waals surface area contributed by atoms with E-state index in [-0.39, 0.29) is 5.75 Å². The second kappa shape index (κ2) is 5.29. The number of benzene rings is 1. The molecule has 1 aromatic carbocycles. The first kappa shape index (κ1) is 11.4. The van der Waals surface area contributed by atoms with Crippen molar-refractivity contribution in [3.63, 3.8) is 0 Å². The molecule has 1 heterocycles. The lowest BCUT2D eigenvalue weighted by Gasteiger charge is -2.07. The van der Waals surface area contributed by atoms with Gasteiger partial charge in [-0.2, -0.15) is 8.78 Å². The van der Waals surface area contributed by atoms with Crippen LogP contribution in [0.2, 0.25) is 0 Å². The Hall–Kier alpha value is -2.11. The predicted molar refractivity (Wildman–Crippen MR) is 56.9 cm³/mol. The Morgan fingerprint density at radius 2 is 2.06 bits per heavy atom. The van der Waals surface area contributed by atoms with Crippen LogP contribution >= 0.6 is 0 Å². The van der Waals surface area contributed by atoms with Crippen LogP contribution in [-0.4, -0.2) is 11.8 Å². The van der Waals surface area contributed by atoms with Gasteiger partial charge in [-0.1, -0.05) is 5.16 Å². The number of alkyl halides is 2.